The second kappa shape index (κ2) is 17.0. The fraction of sp³-hybridized carbons (Fsp3) is 0.167. The first-order valence-electron chi connectivity index (χ1n) is 10.0. The summed E-state index contributed by atoms with van der Waals surface area (Å²) in [6.45, 7) is 1.14. The van der Waals surface area contributed by atoms with Gasteiger partial charge in [0.05, 0.1) is 0 Å². The van der Waals surface area contributed by atoms with Crippen LogP contribution >= 0.6 is 9.69 Å². The Labute approximate surface area is 214 Å². The van der Waals surface area contributed by atoms with Gasteiger partial charge in [-0.1, -0.05) is 48.5 Å². The average Bonchev–Trinajstić information content (AvgIpc) is 3.20. The van der Waals surface area contributed by atoms with Crippen LogP contribution < -0.4 is 17.3 Å². The molecule has 0 bridgehead atoms. The largest absolute Gasteiger partial charge is 0.0623 e. The Morgan fingerprint density at radius 3 is 1.58 bits per heavy atom. The van der Waals surface area contributed by atoms with Gasteiger partial charge in [-0.3, -0.25) is 14.5 Å². The zero-order chi connectivity index (χ0) is 23.0. The van der Waals surface area contributed by atoms with Crippen molar-refractivity contribution in [2.75, 3.05) is 18.0 Å². The Hall–Kier alpha value is -2.60. The van der Waals surface area contributed by atoms with Crippen LogP contribution in [0.2, 0.25) is 0 Å². The third-order valence-corrected chi connectivity index (χ3v) is 4.43. The van der Waals surface area contributed by atoms with Crippen LogP contribution in [0.4, 0.5) is 11.6 Å². The van der Waals surface area contributed by atoms with Crippen molar-refractivity contribution in [2.45, 2.75) is 12.8 Å². The number of hydrogen-bond donors (Lipinski definition) is 0. The average molecular weight is 572 g/mol. The molecule has 3 aromatic rings. The minimum absolute atomic E-state index is 0. The fourth-order valence-electron chi connectivity index (χ4n) is 2.95. The first-order valence-corrected chi connectivity index (χ1v) is 12.3. The number of aromatic nitrogens is 2. The predicted octanol–water partition coefficient (Wildman–Crippen LogP) is 1.70. The molecule has 1 aliphatic rings. The molecule has 0 radical (unpaired) electrons. The van der Waals surface area contributed by atoms with Crippen molar-refractivity contribution in [1.29, 1.82) is 0 Å². The van der Waals surface area contributed by atoms with E-state index in [9.17, 15) is 9.59 Å². The number of anilines is 2. The molecule has 0 fully saturated rings. The summed E-state index contributed by atoms with van der Waals surface area (Å²) in [5.41, 5.74) is 0. The van der Waals surface area contributed by atoms with Crippen molar-refractivity contribution in [3.8, 4) is 0 Å². The van der Waals surface area contributed by atoms with Crippen molar-refractivity contribution < 1.29 is 39.3 Å². The third kappa shape index (κ3) is 9.83. The molecule has 33 heavy (non-hydrogen) atoms. The number of pyridine rings is 2. The Morgan fingerprint density at radius 2 is 1.18 bits per heavy atom. The second-order valence-electron chi connectivity index (χ2n) is 6.55. The van der Waals surface area contributed by atoms with E-state index in [1.54, 1.807) is 12.4 Å². The molecule has 0 N–H and O–H groups in total. The Kier molecular flexibility index (Phi) is 14.6. The number of hydrogen-bond acceptors (Lipinski definition) is 5. The van der Waals surface area contributed by atoms with Crippen molar-refractivity contribution in [3.05, 3.63) is 97.3 Å². The van der Waals surface area contributed by atoms with Crippen molar-refractivity contribution in [1.82, 2.24) is 14.9 Å². The summed E-state index contributed by atoms with van der Waals surface area (Å²) in [7, 11) is 4.57. The second-order valence-corrected chi connectivity index (χ2v) is 6.55. The maximum atomic E-state index is 11.5. The summed E-state index contributed by atoms with van der Waals surface area (Å²) in [4.78, 5) is 35.2. The van der Waals surface area contributed by atoms with E-state index in [0.29, 0.717) is 13.1 Å². The number of unbranched alkanes of at least 4 members (excludes halogenated alkanes) is 1. The summed E-state index contributed by atoms with van der Waals surface area (Å²) < 4.78 is 0. The molecule has 6 nitrogen and oxygen atoms in total. The standard InChI is InChI=1S/C18H18N4O2.C6H6.2ClH.Ru/c23-17-9-10-18(24)22(17)14-6-5-13-21(15-7-1-3-11-19-15)16-8-2-4-12-20-16;1-2-4-6-5-3-1;;;/h1-4,7-12H,5-6,13-14H2;1-6H;2*1H;/q;;;;+2/p-2. The van der Waals surface area contributed by atoms with Gasteiger partial charge in [-0.2, -0.15) is 0 Å². The van der Waals surface area contributed by atoms with Gasteiger partial charge in [-0.15, -0.1) is 0 Å². The minimum Gasteiger partial charge on any atom is -0.0623 e. The molecular formula is C24H24Cl2N4O2Ru. The van der Waals surface area contributed by atoms with Gasteiger partial charge >= 0.3 is 27.0 Å². The number of halogens is 2. The summed E-state index contributed by atoms with van der Waals surface area (Å²) in [5.74, 6) is 1.19. The molecule has 9 heteroatoms. The van der Waals surface area contributed by atoms with Gasteiger partial charge in [-0.05, 0) is 37.1 Å². The van der Waals surface area contributed by atoms with Gasteiger partial charge in [-0.25, -0.2) is 9.97 Å². The molecular weight excluding hydrogens is 548 g/mol. The van der Waals surface area contributed by atoms with E-state index in [1.807, 2.05) is 95.0 Å². The normalized spacial score (nSPS) is 11.5. The Morgan fingerprint density at radius 1 is 0.727 bits per heavy atom. The van der Waals surface area contributed by atoms with Crippen LogP contribution in [0.15, 0.2) is 97.3 Å². The number of carbonyl (C=O) groups excluding carboxylic acids is 2. The molecule has 0 saturated heterocycles. The minimum atomic E-state index is -0.230. The Balaban J connectivity index is 0.000000519. The molecule has 0 spiro atoms. The van der Waals surface area contributed by atoms with Crippen LogP contribution in [0.1, 0.15) is 12.8 Å². The van der Waals surface area contributed by atoms with Gasteiger partial charge in [0.25, 0.3) is 11.8 Å². The molecule has 0 atom stereocenters. The SMILES string of the molecule is O=C1C=CC(=O)N1CCCCN(c1ccccn1)c1ccccn1.[Cl-].[Cl][Ru+].c1ccccc1. The number of benzene rings is 1. The maximum Gasteiger partial charge on any atom is -0.0623 e. The zero-order valence-corrected chi connectivity index (χ0v) is 21.0. The van der Waals surface area contributed by atoms with Crippen molar-refractivity contribution in [3.63, 3.8) is 0 Å². The molecule has 3 heterocycles. The summed E-state index contributed by atoms with van der Waals surface area (Å²) in [6.07, 6.45) is 7.67. The molecule has 0 saturated carbocycles. The Bertz CT molecular complexity index is 880. The van der Waals surface area contributed by atoms with E-state index in [4.69, 9.17) is 0 Å². The van der Waals surface area contributed by atoms with Gasteiger partial charge in [0.1, 0.15) is 11.6 Å². The number of amides is 2. The third-order valence-electron chi connectivity index (χ3n) is 4.43. The van der Waals surface area contributed by atoms with Gasteiger partial charge in [0.2, 0.25) is 0 Å². The molecule has 0 unspecified atom stereocenters. The molecule has 1 aliphatic heterocycles. The van der Waals surface area contributed by atoms with Gasteiger partial charge in [0, 0.05) is 37.6 Å². The van der Waals surface area contributed by atoms with Crippen LogP contribution in [0.3, 0.4) is 0 Å². The topological polar surface area (TPSA) is 66.4 Å². The van der Waals surface area contributed by atoms with Crippen LogP contribution in [0.5, 0.6) is 0 Å². The number of carbonyl (C=O) groups is 2. The molecule has 2 aromatic heterocycles. The predicted molar refractivity (Wildman–Crippen MR) is 123 cm³/mol. The summed E-state index contributed by atoms with van der Waals surface area (Å²) >= 11 is 1.82. The zero-order valence-electron chi connectivity index (χ0n) is 17.8. The van der Waals surface area contributed by atoms with Crippen molar-refractivity contribution in [2.24, 2.45) is 0 Å². The van der Waals surface area contributed by atoms with E-state index < -0.39 is 0 Å². The van der Waals surface area contributed by atoms with Crippen LogP contribution in [0.25, 0.3) is 0 Å². The maximum absolute atomic E-state index is 11.5. The number of rotatable bonds is 7. The smallest absolute Gasteiger partial charge is 0.0623 e. The quantitative estimate of drug-likeness (QED) is 0.245. The van der Waals surface area contributed by atoms with Gasteiger partial charge < -0.3 is 17.3 Å². The van der Waals surface area contributed by atoms with Crippen LogP contribution in [-0.4, -0.2) is 39.8 Å². The van der Waals surface area contributed by atoms with E-state index in [-0.39, 0.29) is 24.2 Å². The van der Waals surface area contributed by atoms with E-state index in [2.05, 4.69) is 19.7 Å². The summed E-state index contributed by atoms with van der Waals surface area (Å²) in [6, 6.07) is 23.5. The fourth-order valence-corrected chi connectivity index (χ4v) is 2.95. The summed E-state index contributed by atoms with van der Waals surface area (Å²) in [5, 5.41) is 0. The van der Waals surface area contributed by atoms with E-state index in [1.165, 1.54) is 17.1 Å². The molecule has 2 amide bonds. The first-order chi connectivity index (χ1) is 15.8. The van der Waals surface area contributed by atoms with Crippen LogP contribution in [-0.2, 0) is 26.9 Å². The monoisotopic (exact) mass is 572 g/mol. The van der Waals surface area contributed by atoms with Crippen molar-refractivity contribution >= 4 is 33.1 Å². The van der Waals surface area contributed by atoms with E-state index in [0.717, 1.165) is 24.5 Å². The number of imide groups is 1. The number of nitrogens with zero attached hydrogens (tertiary/aromatic N) is 4. The molecule has 174 valence electrons. The molecule has 4 rings (SSSR count). The first kappa shape index (κ1) is 28.4. The molecule has 0 aliphatic carbocycles. The van der Waals surface area contributed by atoms with Crippen LogP contribution in [0, 0.1) is 0 Å². The van der Waals surface area contributed by atoms with E-state index >= 15 is 0 Å². The van der Waals surface area contributed by atoms with Gasteiger partial charge in [0.15, 0.2) is 0 Å². The molecule has 1 aromatic carbocycles.